The summed E-state index contributed by atoms with van der Waals surface area (Å²) >= 11 is 0. The van der Waals surface area contributed by atoms with Crippen molar-refractivity contribution < 1.29 is 74.1 Å². The topological polar surface area (TPSA) is 234 Å². The van der Waals surface area contributed by atoms with Gasteiger partial charge in [-0.3, -0.25) is 4.79 Å². The second-order valence-electron chi connectivity index (χ2n) is 11.4. The highest BCUT2D eigenvalue weighted by Gasteiger charge is 2.51. The molecule has 0 bridgehead atoms. The molecule has 0 radical (unpaired) electrons. The molecule has 42 heavy (non-hydrogen) atoms. The maximum atomic E-state index is 12.3. The smallest absolute Gasteiger partial charge is 0.309 e. The molecule has 4 aliphatic rings. The van der Waals surface area contributed by atoms with Gasteiger partial charge in [0, 0.05) is 12.3 Å². The average Bonchev–Trinajstić information content (AvgIpc) is 3.40. The Labute approximate surface area is 242 Å². The predicted octanol–water partition coefficient (Wildman–Crippen LogP) is -2.99. The fourth-order valence-electron chi connectivity index (χ4n) is 5.69. The van der Waals surface area contributed by atoms with Crippen LogP contribution in [0.5, 0.6) is 0 Å². The first-order chi connectivity index (χ1) is 20.0. The van der Waals surface area contributed by atoms with Crippen LogP contribution in [0.25, 0.3) is 0 Å². The number of carbonyl (C=O) groups excluding carboxylic acids is 1. The van der Waals surface area contributed by atoms with Crippen molar-refractivity contribution in [2.45, 2.75) is 94.4 Å². The molecule has 3 heterocycles. The Balaban J connectivity index is 1.39. The summed E-state index contributed by atoms with van der Waals surface area (Å²) in [4.78, 5) is 12.3. The summed E-state index contributed by atoms with van der Waals surface area (Å²) in [5.41, 5.74) is 1.28. The van der Waals surface area contributed by atoms with E-state index in [0.717, 1.165) is 0 Å². The monoisotopic (exact) mass is 606 g/mol. The number of allylic oxidation sites excluding steroid dienone is 1. The Morgan fingerprint density at radius 3 is 2.19 bits per heavy atom. The Morgan fingerprint density at radius 1 is 0.881 bits per heavy atom. The standard InChI is InChI=1S/C27H42O15/c1-11(2)5-17(31)41-25-18-12(6-28)3-4-14(18)13(9-37-25)10-38-26-23(36)21(34)24(16(8-30)40-26)42-27-22(35)20(33)19(32)15(7-29)39-27/h3,9,11,14-16,18-30,32-36H,4-8,10H2,1-2H3/t14-,15+,16-,18-,19+,20-,21+,22-,23-,24+,25-,26-,27-/m0/s1. The van der Waals surface area contributed by atoms with E-state index in [2.05, 4.69) is 0 Å². The molecule has 0 aromatic heterocycles. The Kier molecular flexibility index (Phi) is 11.3. The van der Waals surface area contributed by atoms with Gasteiger partial charge in [0.05, 0.1) is 38.6 Å². The molecule has 0 unspecified atom stereocenters. The Hall–Kier alpha value is -1.73. The van der Waals surface area contributed by atoms with Crippen LogP contribution in [0.15, 0.2) is 23.5 Å². The minimum absolute atomic E-state index is 0.0926. The van der Waals surface area contributed by atoms with Gasteiger partial charge in [0.2, 0.25) is 6.29 Å². The van der Waals surface area contributed by atoms with E-state index in [1.165, 1.54) is 6.26 Å². The first-order valence-corrected chi connectivity index (χ1v) is 14.0. The zero-order valence-electron chi connectivity index (χ0n) is 23.4. The maximum absolute atomic E-state index is 12.3. The Bertz CT molecular complexity index is 967. The van der Waals surface area contributed by atoms with Gasteiger partial charge in [-0.15, -0.1) is 0 Å². The van der Waals surface area contributed by atoms with Gasteiger partial charge in [-0.25, -0.2) is 0 Å². The van der Waals surface area contributed by atoms with Crippen LogP contribution in [0.4, 0.5) is 0 Å². The van der Waals surface area contributed by atoms with Crippen LogP contribution in [0.2, 0.25) is 0 Å². The highest BCUT2D eigenvalue weighted by molar-refractivity contribution is 5.69. The number of rotatable bonds is 11. The second-order valence-corrected chi connectivity index (χ2v) is 11.4. The van der Waals surface area contributed by atoms with Crippen molar-refractivity contribution in [2.75, 3.05) is 26.4 Å². The van der Waals surface area contributed by atoms with Crippen LogP contribution < -0.4 is 0 Å². The molecule has 2 fully saturated rings. The second kappa shape index (κ2) is 14.4. The average molecular weight is 607 g/mol. The third kappa shape index (κ3) is 6.98. The first-order valence-electron chi connectivity index (χ1n) is 14.0. The SMILES string of the molecule is CC(C)CC(=O)O[C@@H]1OC=C(CO[C@H]2O[C@@H](CO)[C@@H](O[C@@H]3O[C@H](CO)[C@@H](O)[C@H](O)[C@@H]3O)[C@H](O)[C@@H]2O)[C@@H]2CC=C(CO)[C@H]12. The molecular weight excluding hydrogens is 564 g/mol. The number of aliphatic hydroxyl groups excluding tert-OH is 8. The van der Waals surface area contributed by atoms with Crippen LogP contribution >= 0.6 is 0 Å². The highest BCUT2D eigenvalue weighted by atomic mass is 16.7. The predicted molar refractivity (Wildman–Crippen MR) is 138 cm³/mol. The van der Waals surface area contributed by atoms with Crippen molar-refractivity contribution in [1.82, 2.24) is 0 Å². The van der Waals surface area contributed by atoms with Crippen LogP contribution in [-0.2, 0) is 33.2 Å². The lowest BCUT2D eigenvalue weighted by molar-refractivity contribution is -0.358. The quantitative estimate of drug-likeness (QED) is 0.0865. The summed E-state index contributed by atoms with van der Waals surface area (Å²) in [6.07, 6.45) is -12.6. The van der Waals surface area contributed by atoms with Crippen LogP contribution in [0.1, 0.15) is 26.7 Å². The molecule has 0 aromatic rings. The fraction of sp³-hybridized carbons (Fsp3) is 0.815. The van der Waals surface area contributed by atoms with Gasteiger partial charge in [-0.05, 0) is 23.5 Å². The van der Waals surface area contributed by atoms with Crippen LogP contribution in [0, 0.1) is 17.8 Å². The normalized spacial score (nSPS) is 42.0. The summed E-state index contributed by atoms with van der Waals surface area (Å²) in [5.74, 6) is -1.01. The van der Waals surface area contributed by atoms with E-state index in [1.54, 1.807) is 0 Å². The molecule has 0 spiro atoms. The molecule has 15 nitrogen and oxygen atoms in total. The lowest BCUT2D eigenvalue weighted by Crippen LogP contribution is -2.64. The van der Waals surface area contributed by atoms with E-state index >= 15 is 0 Å². The molecule has 13 atom stereocenters. The van der Waals surface area contributed by atoms with Gasteiger partial charge in [-0.2, -0.15) is 0 Å². The molecule has 240 valence electrons. The van der Waals surface area contributed by atoms with Gasteiger partial charge in [0.15, 0.2) is 12.6 Å². The minimum atomic E-state index is -1.77. The number of esters is 1. The zero-order chi connectivity index (χ0) is 30.7. The van der Waals surface area contributed by atoms with Gasteiger partial charge in [0.1, 0.15) is 48.8 Å². The number of aliphatic hydroxyl groups is 8. The first kappa shape index (κ1) is 33.2. The molecular formula is C27H42O15. The van der Waals surface area contributed by atoms with Crippen LogP contribution in [-0.4, -0.2) is 141 Å². The third-order valence-electron chi connectivity index (χ3n) is 8.00. The molecule has 8 N–H and O–H groups in total. The molecule has 1 aliphatic carbocycles. The fourth-order valence-corrected chi connectivity index (χ4v) is 5.69. The number of fused-ring (bicyclic) bond motifs is 1. The third-order valence-corrected chi connectivity index (χ3v) is 8.00. The molecule has 4 rings (SSSR count). The molecule has 0 amide bonds. The number of carbonyl (C=O) groups is 1. The number of hydrogen-bond donors (Lipinski definition) is 8. The van der Waals surface area contributed by atoms with Crippen molar-refractivity contribution >= 4 is 5.97 Å². The number of ether oxygens (including phenoxy) is 6. The van der Waals surface area contributed by atoms with Crippen molar-refractivity contribution in [2.24, 2.45) is 17.8 Å². The lowest BCUT2D eigenvalue weighted by atomic mass is 9.84. The molecule has 0 aromatic carbocycles. The van der Waals surface area contributed by atoms with Crippen molar-refractivity contribution in [3.63, 3.8) is 0 Å². The van der Waals surface area contributed by atoms with Crippen molar-refractivity contribution in [3.05, 3.63) is 23.5 Å². The molecule has 15 heteroatoms. The van der Waals surface area contributed by atoms with E-state index in [1.807, 2.05) is 19.9 Å². The highest BCUT2D eigenvalue weighted by Crippen LogP contribution is 2.43. The summed E-state index contributed by atoms with van der Waals surface area (Å²) < 4.78 is 33.6. The summed E-state index contributed by atoms with van der Waals surface area (Å²) in [7, 11) is 0. The lowest BCUT2D eigenvalue weighted by Gasteiger charge is -2.46. The number of hydrogen-bond acceptors (Lipinski definition) is 15. The summed E-state index contributed by atoms with van der Waals surface area (Å²) in [5, 5.41) is 81.1. The zero-order valence-corrected chi connectivity index (χ0v) is 23.4. The van der Waals surface area contributed by atoms with Gasteiger partial charge in [-0.1, -0.05) is 19.9 Å². The van der Waals surface area contributed by atoms with Gasteiger partial charge >= 0.3 is 5.97 Å². The summed E-state index contributed by atoms with van der Waals surface area (Å²) in [6, 6.07) is 0. The van der Waals surface area contributed by atoms with Gasteiger partial charge < -0.3 is 69.3 Å². The largest absolute Gasteiger partial charge is 0.462 e. The molecule has 3 aliphatic heterocycles. The summed E-state index contributed by atoms with van der Waals surface area (Å²) in [6.45, 7) is 2.00. The molecule has 0 saturated carbocycles. The van der Waals surface area contributed by atoms with E-state index in [9.17, 15) is 45.6 Å². The maximum Gasteiger partial charge on any atom is 0.309 e. The van der Waals surface area contributed by atoms with E-state index in [0.29, 0.717) is 17.6 Å². The van der Waals surface area contributed by atoms with Gasteiger partial charge in [0.25, 0.3) is 0 Å². The minimum Gasteiger partial charge on any atom is -0.462 e. The molecule has 2 saturated heterocycles. The Morgan fingerprint density at radius 2 is 1.55 bits per heavy atom. The van der Waals surface area contributed by atoms with E-state index < -0.39 is 92.8 Å². The van der Waals surface area contributed by atoms with E-state index in [4.69, 9.17) is 28.4 Å². The van der Waals surface area contributed by atoms with E-state index in [-0.39, 0.29) is 31.5 Å². The van der Waals surface area contributed by atoms with Crippen molar-refractivity contribution in [1.29, 1.82) is 0 Å². The van der Waals surface area contributed by atoms with Crippen LogP contribution in [0.3, 0.4) is 0 Å². The van der Waals surface area contributed by atoms with Crippen molar-refractivity contribution in [3.8, 4) is 0 Å².